The number of aryl methyl sites for hydroxylation is 1. The number of hydrogen-bond donors (Lipinski definition) is 2. The van der Waals surface area contributed by atoms with Gasteiger partial charge in [-0.3, -0.25) is 11.3 Å². The minimum atomic E-state index is -0.388. The van der Waals surface area contributed by atoms with E-state index in [9.17, 15) is 4.39 Å². The van der Waals surface area contributed by atoms with Gasteiger partial charge >= 0.3 is 0 Å². The Hall–Kier alpha value is -1.62. The lowest BCUT2D eigenvalue weighted by Crippen LogP contribution is -2.30. The lowest BCUT2D eigenvalue weighted by atomic mass is 9.98. The van der Waals surface area contributed by atoms with Crippen molar-refractivity contribution in [2.24, 2.45) is 5.84 Å². The summed E-state index contributed by atoms with van der Waals surface area (Å²) in [6.45, 7) is 1.94. The number of ether oxygens (including phenoxy) is 1. The van der Waals surface area contributed by atoms with Crippen molar-refractivity contribution in [1.82, 2.24) is 5.43 Å². The van der Waals surface area contributed by atoms with Crippen LogP contribution < -0.4 is 16.0 Å². The monoisotopic (exact) mass is 308 g/mol. The molecule has 112 valence electrons. The Bertz CT molecular complexity index is 634. The molecule has 2 aromatic carbocycles. The second-order valence-electron chi connectivity index (χ2n) is 4.87. The van der Waals surface area contributed by atoms with Crippen LogP contribution in [0, 0.1) is 12.7 Å². The van der Waals surface area contributed by atoms with Crippen molar-refractivity contribution in [3.63, 3.8) is 0 Å². The maximum absolute atomic E-state index is 13.7. The number of methoxy groups -OCH3 is 1. The second kappa shape index (κ2) is 6.89. The van der Waals surface area contributed by atoms with Gasteiger partial charge in [-0.15, -0.1) is 0 Å². The SMILES string of the molecule is COc1ccc(CC(NN)c2cccc(C)c2Cl)cc1F. The third-order valence-electron chi connectivity index (χ3n) is 3.45. The summed E-state index contributed by atoms with van der Waals surface area (Å²) < 4.78 is 18.7. The maximum atomic E-state index is 13.7. The van der Waals surface area contributed by atoms with Gasteiger partial charge in [0, 0.05) is 5.02 Å². The summed E-state index contributed by atoms with van der Waals surface area (Å²) in [4.78, 5) is 0. The first-order valence-electron chi connectivity index (χ1n) is 6.60. The van der Waals surface area contributed by atoms with Crippen molar-refractivity contribution >= 4 is 11.6 Å². The highest BCUT2D eigenvalue weighted by Crippen LogP contribution is 2.29. The van der Waals surface area contributed by atoms with Gasteiger partial charge in [0.1, 0.15) is 0 Å². The van der Waals surface area contributed by atoms with E-state index in [0.717, 1.165) is 16.7 Å². The number of halogens is 2. The zero-order valence-electron chi connectivity index (χ0n) is 12.0. The van der Waals surface area contributed by atoms with Gasteiger partial charge in [0.25, 0.3) is 0 Å². The van der Waals surface area contributed by atoms with Gasteiger partial charge in [-0.1, -0.05) is 35.9 Å². The van der Waals surface area contributed by atoms with E-state index in [-0.39, 0.29) is 17.6 Å². The van der Waals surface area contributed by atoms with E-state index in [1.165, 1.54) is 13.2 Å². The molecule has 21 heavy (non-hydrogen) atoms. The molecule has 0 saturated heterocycles. The molecular weight excluding hydrogens is 291 g/mol. The van der Waals surface area contributed by atoms with Crippen LogP contribution in [0.4, 0.5) is 4.39 Å². The summed E-state index contributed by atoms with van der Waals surface area (Å²) in [5, 5.41) is 0.675. The Labute approximate surface area is 128 Å². The predicted molar refractivity (Wildman–Crippen MR) is 82.9 cm³/mol. The molecule has 0 amide bonds. The van der Waals surface area contributed by atoms with Crippen molar-refractivity contribution in [2.75, 3.05) is 7.11 Å². The van der Waals surface area contributed by atoms with Gasteiger partial charge in [-0.25, -0.2) is 4.39 Å². The van der Waals surface area contributed by atoms with E-state index in [4.69, 9.17) is 22.2 Å². The summed E-state index contributed by atoms with van der Waals surface area (Å²) in [6, 6.07) is 10.5. The standard InChI is InChI=1S/C16H18ClFN2O/c1-10-4-3-5-12(16(10)17)14(20-19)9-11-6-7-15(21-2)13(18)8-11/h3-8,14,20H,9,19H2,1-2H3. The predicted octanol–water partition coefficient (Wildman–Crippen LogP) is 3.54. The fraction of sp³-hybridized carbons (Fsp3) is 0.250. The van der Waals surface area contributed by atoms with Gasteiger partial charge in [0.05, 0.1) is 13.2 Å². The van der Waals surface area contributed by atoms with Crippen LogP contribution in [-0.4, -0.2) is 7.11 Å². The van der Waals surface area contributed by atoms with Crippen molar-refractivity contribution in [3.05, 3.63) is 63.9 Å². The zero-order chi connectivity index (χ0) is 15.4. The molecule has 2 rings (SSSR count). The first-order valence-corrected chi connectivity index (χ1v) is 6.98. The Morgan fingerprint density at radius 2 is 2.10 bits per heavy atom. The average molecular weight is 309 g/mol. The molecule has 5 heteroatoms. The smallest absolute Gasteiger partial charge is 0.165 e. The molecule has 0 spiro atoms. The van der Waals surface area contributed by atoms with E-state index in [0.29, 0.717) is 11.4 Å². The molecule has 0 radical (unpaired) electrons. The molecular formula is C16H18ClFN2O. The number of benzene rings is 2. The lowest BCUT2D eigenvalue weighted by Gasteiger charge is -2.19. The largest absolute Gasteiger partial charge is 0.494 e. The number of rotatable bonds is 5. The Balaban J connectivity index is 2.27. The van der Waals surface area contributed by atoms with Crippen molar-refractivity contribution < 1.29 is 9.13 Å². The number of nitrogens with two attached hydrogens (primary N) is 1. The zero-order valence-corrected chi connectivity index (χ0v) is 12.7. The van der Waals surface area contributed by atoms with Crippen LogP contribution in [0.25, 0.3) is 0 Å². The van der Waals surface area contributed by atoms with E-state index in [2.05, 4.69) is 5.43 Å². The molecule has 0 heterocycles. The fourth-order valence-corrected chi connectivity index (χ4v) is 2.53. The van der Waals surface area contributed by atoms with Crippen molar-refractivity contribution in [1.29, 1.82) is 0 Å². The van der Waals surface area contributed by atoms with Crippen LogP contribution in [0.5, 0.6) is 5.75 Å². The molecule has 0 bridgehead atoms. The molecule has 0 aliphatic carbocycles. The van der Waals surface area contributed by atoms with Gasteiger partial charge in [0.15, 0.2) is 11.6 Å². The highest BCUT2D eigenvalue weighted by atomic mass is 35.5. The average Bonchev–Trinajstić information content (AvgIpc) is 2.48. The molecule has 1 unspecified atom stereocenters. The number of hydrazine groups is 1. The second-order valence-corrected chi connectivity index (χ2v) is 5.25. The first kappa shape index (κ1) is 15.8. The van der Waals surface area contributed by atoms with Crippen molar-refractivity contribution in [2.45, 2.75) is 19.4 Å². The van der Waals surface area contributed by atoms with Crippen molar-refractivity contribution in [3.8, 4) is 5.75 Å². The highest BCUT2D eigenvalue weighted by molar-refractivity contribution is 6.32. The molecule has 0 fully saturated rings. The number of hydrogen-bond acceptors (Lipinski definition) is 3. The maximum Gasteiger partial charge on any atom is 0.165 e. The molecule has 1 atom stereocenters. The fourth-order valence-electron chi connectivity index (χ4n) is 2.27. The Kier molecular flexibility index (Phi) is 5.17. The molecule has 0 aliphatic heterocycles. The molecule has 2 aromatic rings. The van der Waals surface area contributed by atoms with Crippen LogP contribution in [0.2, 0.25) is 5.02 Å². The molecule has 0 aliphatic rings. The van der Waals surface area contributed by atoms with Crippen LogP contribution in [0.1, 0.15) is 22.7 Å². The summed E-state index contributed by atoms with van der Waals surface area (Å²) in [5.41, 5.74) is 5.44. The Morgan fingerprint density at radius 3 is 2.71 bits per heavy atom. The third kappa shape index (κ3) is 3.53. The summed E-state index contributed by atoms with van der Waals surface area (Å²) >= 11 is 6.32. The molecule has 3 nitrogen and oxygen atoms in total. The van der Waals surface area contributed by atoms with Crippen LogP contribution in [0.15, 0.2) is 36.4 Å². The summed E-state index contributed by atoms with van der Waals surface area (Å²) in [6.07, 6.45) is 0.528. The first-order chi connectivity index (χ1) is 10.1. The lowest BCUT2D eigenvalue weighted by molar-refractivity contribution is 0.386. The molecule has 3 N–H and O–H groups in total. The van der Waals surface area contributed by atoms with Crippen LogP contribution in [-0.2, 0) is 6.42 Å². The van der Waals surface area contributed by atoms with E-state index >= 15 is 0 Å². The molecule has 0 saturated carbocycles. The van der Waals surface area contributed by atoms with E-state index in [1.807, 2.05) is 31.2 Å². The van der Waals surface area contributed by atoms with Gasteiger partial charge in [0.2, 0.25) is 0 Å². The van der Waals surface area contributed by atoms with Crippen LogP contribution in [0.3, 0.4) is 0 Å². The van der Waals surface area contributed by atoms with Gasteiger partial charge in [-0.05, 0) is 42.2 Å². The minimum Gasteiger partial charge on any atom is -0.494 e. The molecule has 0 aromatic heterocycles. The summed E-state index contributed by atoms with van der Waals surface area (Å²) in [7, 11) is 1.44. The van der Waals surface area contributed by atoms with E-state index in [1.54, 1.807) is 6.07 Å². The summed E-state index contributed by atoms with van der Waals surface area (Å²) in [5.74, 6) is 5.48. The van der Waals surface area contributed by atoms with Crippen LogP contribution >= 0.6 is 11.6 Å². The Morgan fingerprint density at radius 1 is 1.33 bits per heavy atom. The normalized spacial score (nSPS) is 12.2. The number of nitrogens with one attached hydrogen (secondary N) is 1. The van der Waals surface area contributed by atoms with Gasteiger partial charge in [-0.2, -0.15) is 0 Å². The minimum absolute atomic E-state index is 0.190. The third-order valence-corrected chi connectivity index (χ3v) is 3.97. The topological polar surface area (TPSA) is 47.3 Å². The van der Waals surface area contributed by atoms with Gasteiger partial charge < -0.3 is 4.74 Å². The van der Waals surface area contributed by atoms with E-state index < -0.39 is 0 Å². The quantitative estimate of drug-likeness (QED) is 0.656. The highest BCUT2D eigenvalue weighted by Gasteiger charge is 2.16.